The molecule has 1 aromatic rings. The summed E-state index contributed by atoms with van der Waals surface area (Å²) in [6.07, 6.45) is 0.142. The third kappa shape index (κ3) is 4.63. The number of carbonyl (C=O) groups excluding carboxylic acids is 1. The maximum Gasteiger partial charge on any atom is 0.411 e. The van der Waals surface area contributed by atoms with E-state index in [0.29, 0.717) is 5.75 Å². The summed E-state index contributed by atoms with van der Waals surface area (Å²) in [5, 5.41) is 9.39. The molecule has 2 rings (SSSR count). The lowest BCUT2D eigenvalue weighted by atomic mass is 10.1. The molecule has 0 aliphatic carbocycles. The van der Waals surface area contributed by atoms with Gasteiger partial charge in [-0.3, -0.25) is 4.90 Å². The second-order valence-corrected chi connectivity index (χ2v) is 6.96. The van der Waals surface area contributed by atoms with E-state index in [4.69, 9.17) is 9.47 Å². The number of hydrogen-bond donors (Lipinski definition) is 1. The first-order chi connectivity index (χ1) is 11.2. The van der Waals surface area contributed by atoms with Gasteiger partial charge in [-0.25, -0.2) is 9.59 Å². The second kappa shape index (κ2) is 7.11. The van der Waals surface area contributed by atoms with Gasteiger partial charge in [-0.2, -0.15) is 0 Å². The lowest BCUT2D eigenvalue weighted by Crippen LogP contribution is -2.43. The Hall–Kier alpha value is -2.24. The number of amides is 1. The zero-order valence-corrected chi connectivity index (χ0v) is 14.6. The zero-order chi connectivity index (χ0) is 17.9. The van der Waals surface area contributed by atoms with Gasteiger partial charge in [0.1, 0.15) is 23.5 Å². The first-order valence-electron chi connectivity index (χ1n) is 8.17. The molecule has 132 valence electrons. The van der Waals surface area contributed by atoms with Crippen molar-refractivity contribution in [3.63, 3.8) is 0 Å². The average molecular weight is 335 g/mol. The second-order valence-electron chi connectivity index (χ2n) is 6.96. The Morgan fingerprint density at radius 2 is 2.04 bits per heavy atom. The van der Waals surface area contributed by atoms with Crippen LogP contribution in [0.2, 0.25) is 0 Å². The van der Waals surface area contributed by atoms with Gasteiger partial charge >= 0.3 is 12.1 Å². The number of nitrogens with zero attached hydrogens (tertiary/aromatic N) is 1. The fourth-order valence-electron chi connectivity index (χ4n) is 2.67. The van der Waals surface area contributed by atoms with Crippen molar-refractivity contribution in [1.29, 1.82) is 0 Å². The zero-order valence-electron chi connectivity index (χ0n) is 14.6. The van der Waals surface area contributed by atoms with Crippen molar-refractivity contribution < 1.29 is 24.2 Å². The van der Waals surface area contributed by atoms with Gasteiger partial charge in [-0.15, -0.1) is 0 Å². The minimum atomic E-state index is -1.05. The highest BCUT2D eigenvalue weighted by atomic mass is 16.6. The van der Waals surface area contributed by atoms with E-state index >= 15 is 0 Å². The van der Waals surface area contributed by atoms with E-state index < -0.39 is 23.7 Å². The van der Waals surface area contributed by atoms with Crippen LogP contribution in [0.1, 0.15) is 39.7 Å². The minimum Gasteiger partial charge on any atom is -0.488 e. The van der Waals surface area contributed by atoms with E-state index in [1.807, 2.05) is 24.3 Å². The Kier molecular flexibility index (Phi) is 5.36. The van der Waals surface area contributed by atoms with Crippen LogP contribution in [0.15, 0.2) is 24.3 Å². The summed E-state index contributed by atoms with van der Waals surface area (Å²) < 4.78 is 11.2. The number of carboxylic acids is 1. The van der Waals surface area contributed by atoms with E-state index in [0.717, 1.165) is 12.0 Å². The van der Waals surface area contributed by atoms with Crippen LogP contribution < -0.4 is 4.74 Å². The van der Waals surface area contributed by atoms with Crippen molar-refractivity contribution in [1.82, 2.24) is 4.90 Å². The number of benzene rings is 1. The van der Waals surface area contributed by atoms with Crippen LogP contribution in [0.25, 0.3) is 0 Å². The molecule has 0 radical (unpaired) electrons. The summed E-state index contributed by atoms with van der Waals surface area (Å²) in [7, 11) is 0. The highest BCUT2D eigenvalue weighted by Gasteiger charge is 2.42. The van der Waals surface area contributed by atoms with Crippen LogP contribution in [0.4, 0.5) is 4.79 Å². The van der Waals surface area contributed by atoms with Crippen LogP contribution in [-0.4, -0.2) is 46.4 Å². The number of hydrogen-bond acceptors (Lipinski definition) is 4. The van der Waals surface area contributed by atoms with Gasteiger partial charge < -0.3 is 14.6 Å². The topological polar surface area (TPSA) is 76.1 Å². The standard InChI is InChI=1S/C18H25NO5/c1-5-12-7-6-8-13(9-12)23-14-10-15(16(20)21)19(11-14)17(22)24-18(2,3)4/h6-9,14-15H,5,10-11H2,1-4H3,(H,20,21)/t14-,15-/m0/s1. The maximum absolute atomic E-state index is 12.3. The number of ether oxygens (including phenoxy) is 2. The molecular weight excluding hydrogens is 310 g/mol. The number of likely N-dealkylation sites (tertiary alicyclic amines) is 1. The van der Waals surface area contributed by atoms with E-state index in [2.05, 4.69) is 6.92 Å². The molecule has 1 amide bonds. The molecule has 1 aromatic carbocycles. The summed E-state index contributed by atoms with van der Waals surface area (Å²) >= 11 is 0. The molecule has 0 spiro atoms. The normalized spacial score (nSPS) is 20.8. The molecule has 6 nitrogen and oxygen atoms in total. The maximum atomic E-state index is 12.3. The van der Waals surface area contributed by atoms with Crippen molar-refractivity contribution in [2.24, 2.45) is 0 Å². The van der Waals surface area contributed by atoms with E-state index in [-0.39, 0.29) is 19.1 Å². The molecule has 1 aliphatic heterocycles. The van der Waals surface area contributed by atoms with Crippen LogP contribution in [-0.2, 0) is 16.0 Å². The molecular formula is C18H25NO5. The Labute approximate surface area is 142 Å². The summed E-state index contributed by atoms with van der Waals surface area (Å²) in [4.78, 5) is 25.0. The van der Waals surface area contributed by atoms with Crippen molar-refractivity contribution in [3.05, 3.63) is 29.8 Å². The molecule has 0 bridgehead atoms. The summed E-state index contributed by atoms with van der Waals surface area (Å²) in [5.74, 6) is -0.358. The van der Waals surface area contributed by atoms with E-state index in [1.165, 1.54) is 4.90 Å². The van der Waals surface area contributed by atoms with E-state index in [9.17, 15) is 14.7 Å². The Morgan fingerprint density at radius 3 is 2.62 bits per heavy atom. The summed E-state index contributed by atoms with van der Waals surface area (Å²) in [5.41, 5.74) is 0.471. The number of carbonyl (C=O) groups is 2. The van der Waals surface area contributed by atoms with Crippen LogP contribution in [0, 0.1) is 0 Å². The molecule has 0 saturated carbocycles. The Bertz CT molecular complexity index is 608. The van der Waals surface area contributed by atoms with Crippen molar-refractivity contribution in [3.8, 4) is 5.75 Å². The quantitative estimate of drug-likeness (QED) is 0.915. The third-order valence-corrected chi connectivity index (χ3v) is 3.79. The molecule has 0 unspecified atom stereocenters. The molecule has 1 aliphatic rings. The number of carboxylic acid groups (broad SMARTS) is 1. The molecule has 2 atom stereocenters. The highest BCUT2D eigenvalue weighted by Crippen LogP contribution is 2.26. The van der Waals surface area contributed by atoms with Crippen LogP contribution in [0.3, 0.4) is 0 Å². The molecule has 0 aromatic heterocycles. The monoisotopic (exact) mass is 335 g/mol. The van der Waals surface area contributed by atoms with Crippen LogP contribution >= 0.6 is 0 Å². The van der Waals surface area contributed by atoms with Gasteiger partial charge in [0.15, 0.2) is 0 Å². The first-order valence-corrected chi connectivity index (χ1v) is 8.17. The predicted molar refractivity (Wildman–Crippen MR) is 89.2 cm³/mol. The number of aliphatic carboxylic acids is 1. The van der Waals surface area contributed by atoms with Crippen molar-refractivity contribution in [2.45, 2.75) is 58.3 Å². The smallest absolute Gasteiger partial charge is 0.411 e. The molecule has 1 saturated heterocycles. The lowest BCUT2D eigenvalue weighted by Gasteiger charge is -2.26. The van der Waals surface area contributed by atoms with Gasteiger partial charge in [0, 0.05) is 6.42 Å². The predicted octanol–water partition coefficient (Wildman–Crippen LogP) is 3.09. The van der Waals surface area contributed by atoms with Crippen molar-refractivity contribution >= 4 is 12.1 Å². The number of rotatable bonds is 4. The van der Waals surface area contributed by atoms with Gasteiger partial charge in [0.2, 0.25) is 0 Å². The lowest BCUT2D eigenvalue weighted by molar-refractivity contribution is -0.142. The summed E-state index contributed by atoms with van der Waals surface area (Å²) in [6, 6.07) is 6.76. The fourth-order valence-corrected chi connectivity index (χ4v) is 2.67. The summed E-state index contributed by atoms with van der Waals surface area (Å²) in [6.45, 7) is 7.50. The van der Waals surface area contributed by atoms with Gasteiger partial charge in [-0.1, -0.05) is 19.1 Å². The van der Waals surface area contributed by atoms with E-state index in [1.54, 1.807) is 20.8 Å². The van der Waals surface area contributed by atoms with Crippen LogP contribution in [0.5, 0.6) is 5.75 Å². The van der Waals surface area contributed by atoms with Gasteiger partial charge in [0.25, 0.3) is 0 Å². The largest absolute Gasteiger partial charge is 0.488 e. The Morgan fingerprint density at radius 1 is 1.33 bits per heavy atom. The molecule has 6 heteroatoms. The minimum absolute atomic E-state index is 0.197. The Balaban J connectivity index is 2.08. The SMILES string of the molecule is CCc1cccc(O[C@H]2C[C@@H](C(=O)O)N(C(=O)OC(C)(C)C)C2)c1. The van der Waals surface area contributed by atoms with Gasteiger partial charge in [0.05, 0.1) is 6.54 Å². The number of aryl methyl sites for hydroxylation is 1. The van der Waals surface area contributed by atoms with Gasteiger partial charge in [-0.05, 0) is 44.9 Å². The third-order valence-electron chi connectivity index (χ3n) is 3.79. The first kappa shape index (κ1) is 18.1. The highest BCUT2D eigenvalue weighted by molar-refractivity contribution is 5.81. The molecule has 1 heterocycles. The average Bonchev–Trinajstić information content (AvgIpc) is 2.90. The van der Waals surface area contributed by atoms with Crippen molar-refractivity contribution in [2.75, 3.05) is 6.54 Å². The fraction of sp³-hybridized carbons (Fsp3) is 0.556. The molecule has 1 N–H and O–H groups in total. The molecule has 1 fully saturated rings. The molecule has 24 heavy (non-hydrogen) atoms.